The van der Waals surface area contributed by atoms with Gasteiger partial charge in [0.15, 0.2) is 0 Å². The topological polar surface area (TPSA) is 49.4 Å². The van der Waals surface area contributed by atoms with E-state index < -0.39 is 6.04 Å². The number of halogens is 1. The number of rotatable bonds is 8. The van der Waals surface area contributed by atoms with Gasteiger partial charge in [0.1, 0.15) is 6.04 Å². The minimum Gasteiger partial charge on any atom is -0.352 e. The van der Waals surface area contributed by atoms with E-state index in [1.807, 2.05) is 62.4 Å². The number of amides is 2. The molecule has 1 N–H and O–H groups in total. The third kappa shape index (κ3) is 6.83. The molecule has 0 aliphatic heterocycles. The average molecular weight is 441 g/mol. The lowest BCUT2D eigenvalue weighted by molar-refractivity contribution is -0.141. The minimum absolute atomic E-state index is 0.0375. The van der Waals surface area contributed by atoms with Gasteiger partial charge in [0, 0.05) is 17.6 Å². The molecule has 5 heteroatoms. The van der Waals surface area contributed by atoms with E-state index in [2.05, 4.69) is 5.32 Å². The molecule has 0 radical (unpaired) electrons. The molecular formula is C26H33ClN2O2. The van der Waals surface area contributed by atoms with Gasteiger partial charge < -0.3 is 10.2 Å². The molecule has 4 nitrogen and oxygen atoms in total. The van der Waals surface area contributed by atoms with Gasteiger partial charge in [-0.3, -0.25) is 9.59 Å². The SMILES string of the molecule is CC[C@H](C(=O)NC1CCCCC1)N(Cc1ccc(Cl)cc1)C(=O)Cc1ccc(C)cc1. The molecule has 0 heterocycles. The second-order valence-electron chi connectivity index (χ2n) is 8.58. The molecule has 0 spiro atoms. The second kappa shape index (κ2) is 11.3. The van der Waals surface area contributed by atoms with E-state index in [0.717, 1.165) is 42.4 Å². The monoisotopic (exact) mass is 440 g/mol. The van der Waals surface area contributed by atoms with Crippen molar-refractivity contribution in [2.45, 2.75) is 77.4 Å². The van der Waals surface area contributed by atoms with Crippen molar-refractivity contribution < 1.29 is 9.59 Å². The molecule has 1 aliphatic rings. The van der Waals surface area contributed by atoms with Gasteiger partial charge in [0.05, 0.1) is 6.42 Å². The summed E-state index contributed by atoms with van der Waals surface area (Å²) in [6.45, 7) is 4.39. The molecule has 3 rings (SSSR count). The number of hydrogen-bond acceptors (Lipinski definition) is 2. The maximum absolute atomic E-state index is 13.4. The Kier molecular flexibility index (Phi) is 8.53. The van der Waals surface area contributed by atoms with Crippen LogP contribution >= 0.6 is 11.6 Å². The minimum atomic E-state index is -0.490. The predicted molar refractivity (Wildman–Crippen MR) is 126 cm³/mol. The number of hydrogen-bond donors (Lipinski definition) is 1. The Morgan fingerprint density at radius 3 is 2.23 bits per heavy atom. The van der Waals surface area contributed by atoms with Crippen LogP contribution in [0.4, 0.5) is 0 Å². The Balaban J connectivity index is 1.79. The maximum atomic E-state index is 13.4. The van der Waals surface area contributed by atoms with Crippen LogP contribution in [0.25, 0.3) is 0 Å². The van der Waals surface area contributed by atoms with E-state index in [0.29, 0.717) is 18.0 Å². The summed E-state index contributed by atoms with van der Waals surface area (Å²) in [6.07, 6.45) is 6.45. The number of carbonyl (C=O) groups excluding carboxylic acids is 2. The van der Waals surface area contributed by atoms with E-state index in [-0.39, 0.29) is 24.3 Å². The smallest absolute Gasteiger partial charge is 0.243 e. The van der Waals surface area contributed by atoms with Crippen molar-refractivity contribution in [1.82, 2.24) is 10.2 Å². The maximum Gasteiger partial charge on any atom is 0.243 e. The van der Waals surface area contributed by atoms with Crippen molar-refractivity contribution in [1.29, 1.82) is 0 Å². The highest BCUT2D eigenvalue weighted by molar-refractivity contribution is 6.30. The molecular weight excluding hydrogens is 408 g/mol. The van der Waals surface area contributed by atoms with Gasteiger partial charge in [-0.25, -0.2) is 0 Å². The van der Waals surface area contributed by atoms with E-state index in [1.165, 1.54) is 6.42 Å². The second-order valence-corrected chi connectivity index (χ2v) is 9.01. The molecule has 0 saturated heterocycles. The normalized spacial score (nSPS) is 15.3. The number of nitrogens with one attached hydrogen (secondary N) is 1. The Bertz CT molecular complexity index is 858. The molecule has 31 heavy (non-hydrogen) atoms. The van der Waals surface area contributed by atoms with E-state index in [9.17, 15) is 9.59 Å². The Morgan fingerprint density at radius 2 is 1.61 bits per heavy atom. The molecule has 1 fully saturated rings. The van der Waals surface area contributed by atoms with Gasteiger partial charge in [0.2, 0.25) is 11.8 Å². The quantitative estimate of drug-likeness (QED) is 0.593. The summed E-state index contributed by atoms with van der Waals surface area (Å²) in [6, 6.07) is 15.2. The summed E-state index contributed by atoms with van der Waals surface area (Å²) < 4.78 is 0. The summed E-state index contributed by atoms with van der Waals surface area (Å²) in [5.41, 5.74) is 3.08. The standard InChI is InChI=1S/C26H33ClN2O2/c1-3-24(26(31)28-23-7-5-4-6-8-23)29(18-21-13-15-22(27)16-14-21)25(30)17-20-11-9-19(2)10-12-20/h9-16,23-24H,3-8,17-18H2,1-2H3,(H,28,31)/t24-/m1/s1. The molecule has 2 aromatic carbocycles. The van der Waals surface area contributed by atoms with Crippen molar-refractivity contribution in [2.75, 3.05) is 0 Å². The van der Waals surface area contributed by atoms with Crippen LogP contribution in [0.3, 0.4) is 0 Å². The summed E-state index contributed by atoms with van der Waals surface area (Å²) in [5.74, 6) is -0.0786. The predicted octanol–water partition coefficient (Wildman–Crippen LogP) is 5.45. The van der Waals surface area contributed by atoms with Gasteiger partial charge >= 0.3 is 0 Å². The van der Waals surface area contributed by atoms with Gasteiger partial charge in [0.25, 0.3) is 0 Å². The third-order valence-electron chi connectivity index (χ3n) is 6.08. The molecule has 2 aromatic rings. The highest BCUT2D eigenvalue weighted by atomic mass is 35.5. The largest absolute Gasteiger partial charge is 0.352 e. The molecule has 1 atom stereocenters. The Labute approximate surface area is 191 Å². The number of carbonyl (C=O) groups is 2. The molecule has 1 saturated carbocycles. The number of aryl methyl sites for hydroxylation is 1. The van der Waals surface area contributed by atoms with Crippen LogP contribution in [-0.2, 0) is 22.6 Å². The first-order chi connectivity index (χ1) is 15.0. The lowest BCUT2D eigenvalue weighted by atomic mass is 9.95. The molecule has 0 aromatic heterocycles. The highest BCUT2D eigenvalue weighted by Crippen LogP contribution is 2.20. The lowest BCUT2D eigenvalue weighted by Gasteiger charge is -2.33. The molecule has 0 bridgehead atoms. The summed E-state index contributed by atoms with van der Waals surface area (Å²) in [7, 11) is 0. The molecule has 0 unspecified atom stereocenters. The fourth-order valence-corrected chi connectivity index (χ4v) is 4.36. The van der Waals surface area contributed by atoms with Crippen molar-refractivity contribution in [3.63, 3.8) is 0 Å². The van der Waals surface area contributed by atoms with E-state index in [4.69, 9.17) is 11.6 Å². The fourth-order valence-electron chi connectivity index (χ4n) is 4.23. The van der Waals surface area contributed by atoms with Crippen LogP contribution in [0.1, 0.15) is 62.1 Å². The molecule has 1 aliphatic carbocycles. The van der Waals surface area contributed by atoms with Crippen LogP contribution in [0.5, 0.6) is 0 Å². The van der Waals surface area contributed by atoms with Crippen LogP contribution < -0.4 is 5.32 Å². The summed E-state index contributed by atoms with van der Waals surface area (Å²) in [4.78, 5) is 28.3. The first-order valence-electron chi connectivity index (χ1n) is 11.4. The number of nitrogens with zero attached hydrogens (tertiary/aromatic N) is 1. The Morgan fingerprint density at radius 1 is 1.00 bits per heavy atom. The lowest BCUT2D eigenvalue weighted by Crippen LogP contribution is -2.51. The van der Waals surface area contributed by atoms with Crippen LogP contribution in [0, 0.1) is 6.92 Å². The molecule has 166 valence electrons. The van der Waals surface area contributed by atoms with Crippen molar-refractivity contribution in [3.05, 3.63) is 70.2 Å². The zero-order chi connectivity index (χ0) is 22.2. The Hall–Kier alpha value is -2.33. The summed E-state index contributed by atoms with van der Waals surface area (Å²) >= 11 is 6.03. The van der Waals surface area contributed by atoms with Crippen LogP contribution in [-0.4, -0.2) is 28.8 Å². The van der Waals surface area contributed by atoms with Crippen molar-refractivity contribution in [2.24, 2.45) is 0 Å². The van der Waals surface area contributed by atoms with Crippen molar-refractivity contribution in [3.8, 4) is 0 Å². The average Bonchev–Trinajstić information content (AvgIpc) is 2.77. The number of benzene rings is 2. The van der Waals surface area contributed by atoms with Crippen LogP contribution in [0.2, 0.25) is 5.02 Å². The van der Waals surface area contributed by atoms with Crippen LogP contribution in [0.15, 0.2) is 48.5 Å². The first-order valence-corrected chi connectivity index (χ1v) is 11.7. The zero-order valence-electron chi connectivity index (χ0n) is 18.6. The van der Waals surface area contributed by atoms with Gasteiger partial charge in [-0.2, -0.15) is 0 Å². The van der Waals surface area contributed by atoms with E-state index >= 15 is 0 Å². The van der Waals surface area contributed by atoms with Gasteiger partial charge in [-0.05, 0) is 49.4 Å². The van der Waals surface area contributed by atoms with Gasteiger partial charge in [-0.1, -0.05) is 79.7 Å². The summed E-state index contributed by atoms with van der Waals surface area (Å²) in [5, 5.41) is 3.87. The van der Waals surface area contributed by atoms with Crippen molar-refractivity contribution >= 4 is 23.4 Å². The van der Waals surface area contributed by atoms with E-state index in [1.54, 1.807) is 4.90 Å². The fraction of sp³-hybridized carbons (Fsp3) is 0.462. The molecule has 2 amide bonds. The van der Waals surface area contributed by atoms with Gasteiger partial charge in [-0.15, -0.1) is 0 Å². The first kappa shape index (κ1) is 23.3. The highest BCUT2D eigenvalue weighted by Gasteiger charge is 2.30. The third-order valence-corrected chi connectivity index (χ3v) is 6.33. The zero-order valence-corrected chi connectivity index (χ0v) is 19.3.